The predicted octanol–water partition coefficient (Wildman–Crippen LogP) is 3.52. The first-order valence-corrected chi connectivity index (χ1v) is 7.42. The molecule has 3 rings (SSSR count). The molecule has 5 heteroatoms. The lowest BCUT2D eigenvalue weighted by Gasteiger charge is -2.07. The number of aromatic amines is 1. The molecule has 2 heterocycles. The highest BCUT2D eigenvalue weighted by molar-refractivity contribution is 7.99. The molecule has 0 amide bonds. The molecular formula is C15H16N4S. The van der Waals surface area contributed by atoms with Gasteiger partial charge in [-0.2, -0.15) is 0 Å². The number of nitrogens with one attached hydrogen (secondary N) is 1. The van der Waals surface area contributed by atoms with Crippen molar-refractivity contribution in [2.24, 2.45) is 5.73 Å². The highest BCUT2D eigenvalue weighted by Gasteiger charge is 2.07. The topological polar surface area (TPSA) is 67.6 Å². The lowest BCUT2D eigenvalue weighted by molar-refractivity contribution is 0.674. The van der Waals surface area contributed by atoms with Crippen LogP contribution in [0, 0.1) is 0 Å². The Labute approximate surface area is 121 Å². The van der Waals surface area contributed by atoms with Gasteiger partial charge in [0.1, 0.15) is 0 Å². The third-order valence-corrected chi connectivity index (χ3v) is 4.03. The second kappa shape index (κ2) is 5.64. The lowest BCUT2D eigenvalue weighted by atomic mass is 10.1. The van der Waals surface area contributed by atoms with E-state index in [2.05, 4.69) is 21.9 Å². The van der Waals surface area contributed by atoms with Crippen LogP contribution in [0.2, 0.25) is 0 Å². The number of H-pyrrole nitrogens is 1. The van der Waals surface area contributed by atoms with E-state index in [-0.39, 0.29) is 6.04 Å². The fourth-order valence-corrected chi connectivity index (χ4v) is 2.74. The Bertz CT molecular complexity index is 672. The Morgan fingerprint density at radius 1 is 1.25 bits per heavy atom. The van der Waals surface area contributed by atoms with Crippen molar-refractivity contribution >= 4 is 22.8 Å². The standard InChI is InChI=1S/C15H16N4S/c1-2-11(16)12-8-7-10(9-17-12)20-15-18-13-5-3-4-6-14(13)19-15/h3-9,11H,2,16H2,1H3,(H,18,19)/t11-/m0/s1. The fourth-order valence-electron chi connectivity index (χ4n) is 1.97. The summed E-state index contributed by atoms with van der Waals surface area (Å²) in [5.74, 6) is 0. The molecule has 1 aromatic carbocycles. The van der Waals surface area contributed by atoms with E-state index in [0.717, 1.165) is 33.2 Å². The van der Waals surface area contributed by atoms with E-state index in [1.54, 1.807) is 11.8 Å². The zero-order chi connectivity index (χ0) is 13.9. The smallest absolute Gasteiger partial charge is 0.171 e. The normalized spacial score (nSPS) is 12.7. The van der Waals surface area contributed by atoms with Gasteiger partial charge in [0.05, 0.1) is 16.7 Å². The maximum absolute atomic E-state index is 5.96. The summed E-state index contributed by atoms with van der Waals surface area (Å²) < 4.78 is 0. The number of hydrogen-bond donors (Lipinski definition) is 2. The summed E-state index contributed by atoms with van der Waals surface area (Å²) in [6.07, 6.45) is 2.74. The summed E-state index contributed by atoms with van der Waals surface area (Å²) in [5, 5.41) is 0.875. The molecule has 4 nitrogen and oxygen atoms in total. The van der Waals surface area contributed by atoms with Crippen LogP contribution in [0.1, 0.15) is 25.1 Å². The van der Waals surface area contributed by atoms with E-state index in [1.165, 1.54) is 0 Å². The number of nitrogens with zero attached hydrogens (tertiary/aromatic N) is 2. The van der Waals surface area contributed by atoms with E-state index >= 15 is 0 Å². The molecule has 2 aromatic heterocycles. The number of aromatic nitrogens is 3. The van der Waals surface area contributed by atoms with Gasteiger partial charge in [-0.3, -0.25) is 4.98 Å². The first-order valence-electron chi connectivity index (χ1n) is 6.60. The molecule has 0 radical (unpaired) electrons. The molecule has 0 fully saturated rings. The average molecular weight is 284 g/mol. The zero-order valence-corrected chi connectivity index (χ0v) is 12.0. The Morgan fingerprint density at radius 2 is 2.10 bits per heavy atom. The van der Waals surface area contributed by atoms with Gasteiger partial charge in [-0.15, -0.1) is 0 Å². The first kappa shape index (κ1) is 13.1. The second-order valence-electron chi connectivity index (χ2n) is 4.59. The molecule has 1 atom stereocenters. The minimum absolute atomic E-state index is 0.0141. The molecule has 3 aromatic rings. The quantitative estimate of drug-likeness (QED) is 0.769. The van der Waals surface area contributed by atoms with Crippen LogP contribution in [0.4, 0.5) is 0 Å². The van der Waals surface area contributed by atoms with Gasteiger partial charge in [0.2, 0.25) is 0 Å². The van der Waals surface area contributed by atoms with E-state index in [1.807, 2.05) is 42.6 Å². The molecule has 0 aliphatic heterocycles. The van der Waals surface area contributed by atoms with Crippen LogP contribution in [0.15, 0.2) is 52.6 Å². The Balaban J connectivity index is 1.80. The van der Waals surface area contributed by atoms with Gasteiger partial charge in [-0.1, -0.05) is 30.8 Å². The number of fused-ring (bicyclic) bond motifs is 1. The fraction of sp³-hybridized carbons (Fsp3) is 0.200. The Morgan fingerprint density at radius 3 is 2.80 bits per heavy atom. The van der Waals surface area contributed by atoms with Gasteiger partial charge in [-0.05, 0) is 30.7 Å². The summed E-state index contributed by atoms with van der Waals surface area (Å²) in [6.45, 7) is 2.06. The molecule has 0 aliphatic carbocycles. The van der Waals surface area contributed by atoms with E-state index in [4.69, 9.17) is 5.73 Å². The Hall–Kier alpha value is -1.85. The first-order chi connectivity index (χ1) is 9.76. The van der Waals surface area contributed by atoms with Crippen molar-refractivity contribution in [2.75, 3.05) is 0 Å². The zero-order valence-electron chi connectivity index (χ0n) is 11.2. The van der Waals surface area contributed by atoms with Crippen LogP contribution in [-0.2, 0) is 0 Å². The Kier molecular flexibility index (Phi) is 3.71. The largest absolute Gasteiger partial charge is 0.333 e. The van der Waals surface area contributed by atoms with Crippen LogP contribution in [-0.4, -0.2) is 15.0 Å². The van der Waals surface area contributed by atoms with E-state index < -0.39 is 0 Å². The van der Waals surface area contributed by atoms with Gasteiger partial charge >= 0.3 is 0 Å². The van der Waals surface area contributed by atoms with Crippen LogP contribution in [0.3, 0.4) is 0 Å². The SMILES string of the molecule is CC[C@H](N)c1ccc(Sc2nc3ccccc3[nH]2)cn1. The number of hydrogen-bond acceptors (Lipinski definition) is 4. The third-order valence-electron chi connectivity index (χ3n) is 3.16. The molecule has 3 N–H and O–H groups in total. The lowest BCUT2D eigenvalue weighted by Crippen LogP contribution is -2.10. The number of nitrogens with two attached hydrogens (primary N) is 1. The molecule has 0 bridgehead atoms. The van der Waals surface area contributed by atoms with Crippen molar-refractivity contribution in [3.8, 4) is 0 Å². The second-order valence-corrected chi connectivity index (χ2v) is 5.66. The molecular weight excluding hydrogens is 268 g/mol. The third kappa shape index (κ3) is 2.69. The molecule has 102 valence electrons. The van der Waals surface area contributed by atoms with Crippen LogP contribution < -0.4 is 5.73 Å². The molecule has 20 heavy (non-hydrogen) atoms. The highest BCUT2D eigenvalue weighted by atomic mass is 32.2. The van der Waals surface area contributed by atoms with Gasteiger partial charge in [0.25, 0.3) is 0 Å². The van der Waals surface area contributed by atoms with Gasteiger partial charge in [-0.25, -0.2) is 4.98 Å². The molecule has 0 unspecified atom stereocenters. The van der Waals surface area contributed by atoms with Crippen molar-refractivity contribution in [3.05, 3.63) is 48.3 Å². The summed E-state index contributed by atoms with van der Waals surface area (Å²) in [5.41, 5.74) is 8.92. The minimum atomic E-state index is 0.0141. The molecule has 0 spiro atoms. The van der Waals surface area contributed by atoms with Crippen LogP contribution >= 0.6 is 11.8 Å². The number of imidazole rings is 1. The van der Waals surface area contributed by atoms with Crippen LogP contribution in [0.5, 0.6) is 0 Å². The van der Waals surface area contributed by atoms with Crippen molar-refractivity contribution < 1.29 is 0 Å². The van der Waals surface area contributed by atoms with Crippen molar-refractivity contribution in [1.29, 1.82) is 0 Å². The van der Waals surface area contributed by atoms with E-state index in [0.29, 0.717) is 0 Å². The summed E-state index contributed by atoms with van der Waals surface area (Å²) in [7, 11) is 0. The predicted molar refractivity (Wildman–Crippen MR) is 81.7 cm³/mol. The maximum Gasteiger partial charge on any atom is 0.171 e. The number of para-hydroxylation sites is 2. The monoisotopic (exact) mass is 284 g/mol. The van der Waals surface area contributed by atoms with Gasteiger partial charge in [0, 0.05) is 17.1 Å². The van der Waals surface area contributed by atoms with E-state index in [9.17, 15) is 0 Å². The van der Waals surface area contributed by atoms with Crippen molar-refractivity contribution in [3.63, 3.8) is 0 Å². The summed E-state index contributed by atoms with van der Waals surface area (Å²) >= 11 is 1.57. The molecule has 0 aliphatic rings. The average Bonchev–Trinajstić information content (AvgIpc) is 2.89. The summed E-state index contributed by atoms with van der Waals surface area (Å²) in [6, 6.07) is 12.0. The minimum Gasteiger partial charge on any atom is -0.333 e. The van der Waals surface area contributed by atoms with Crippen LogP contribution in [0.25, 0.3) is 11.0 Å². The maximum atomic E-state index is 5.96. The number of rotatable bonds is 4. The van der Waals surface area contributed by atoms with Crippen molar-refractivity contribution in [2.45, 2.75) is 29.4 Å². The highest BCUT2D eigenvalue weighted by Crippen LogP contribution is 2.27. The van der Waals surface area contributed by atoms with Gasteiger partial charge < -0.3 is 10.7 Å². The summed E-state index contributed by atoms with van der Waals surface area (Å²) in [4.78, 5) is 13.3. The number of benzene rings is 1. The van der Waals surface area contributed by atoms with Gasteiger partial charge in [0.15, 0.2) is 5.16 Å². The number of pyridine rings is 1. The van der Waals surface area contributed by atoms with Crippen molar-refractivity contribution in [1.82, 2.24) is 15.0 Å². The molecule has 0 saturated carbocycles. The molecule has 0 saturated heterocycles.